The molecule has 2 nitrogen and oxygen atoms in total. The van der Waals surface area contributed by atoms with Gasteiger partial charge < -0.3 is 5.32 Å². The Morgan fingerprint density at radius 2 is 2.40 bits per heavy atom. The number of nitrogens with one attached hydrogen (secondary N) is 1. The molecule has 0 radical (unpaired) electrons. The average molecular weight is 207 g/mol. The molecule has 84 valence electrons. The first-order valence-electron chi connectivity index (χ1n) is 5.68. The topological polar surface area (TPSA) is 29.1 Å². The highest BCUT2D eigenvalue weighted by atomic mass is 16.1. The second-order valence-electron chi connectivity index (χ2n) is 4.44. The van der Waals surface area contributed by atoms with Gasteiger partial charge in [0.2, 0.25) is 5.91 Å². The number of carbonyl (C=O) groups excluding carboxylic acids is 1. The first-order valence-corrected chi connectivity index (χ1v) is 5.68. The van der Waals surface area contributed by atoms with Crippen molar-refractivity contribution >= 4 is 5.91 Å². The highest BCUT2D eigenvalue weighted by Gasteiger charge is 2.16. The van der Waals surface area contributed by atoms with Crippen LogP contribution < -0.4 is 5.32 Å². The van der Waals surface area contributed by atoms with Crippen molar-refractivity contribution in [2.45, 2.75) is 33.6 Å². The molecule has 0 spiro atoms. The average Bonchev–Trinajstić information content (AvgIpc) is 2.14. The Kier molecular flexibility index (Phi) is 4.60. The van der Waals surface area contributed by atoms with E-state index in [0.29, 0.717) is 18.4 Å². The summed E-state index contributed by atoms with van der Waals surface area (Å²) in [6.07, 6.45) is 9.11. The van der Waals surface area contributed by atoms with Gasteiger partial charge in [-0.15, -0.1) is 0 Å². The lowest BCUT2D eigenvalue weighted by atomic mass is 9.82. The van der Waals surface area contributed by atoms with Crippen molar-refractivity contribution in [1.29, 1.82) is 0 Å². The Hall–Kier alpha value is -1.05. The van der Waals surface area contributed by atoms with Gasteiger partial charge in [-0.1, -0.05) is 30.7 Å². The Bertz CT molecular complexity index is 278. The summed E-state index contributed by atoms with van der Waals surface area (Å²) in [5, 5.41) is 2.77. The van der Waals surface area contributed by atoms with Crippen LogP contribution in [0.5, 0.6) is 0 Å². The second-order valence-corrected chi connectivity index (χ2v) is 4.44. The van der Waals surface area contributed by atoms with Crippen LogP contribution in [0.2, 0.25) is 0 Å². The summed E-state index contributed by atoms with van der Waals surface area (Å²) in [5.41, 5.74) is 1.51. The van der Waals surface area contributed by atoms with Crippen LogP contribution in [0, 0.1) is 11.8 Å². The van der Waals surface area contributed by atoms with Gasteiger partial charge >= 0.3 is 0 Å². The number of hydrogen-bond donors (Lipinski definition) is 1. The van der Waals surface area contributed by atoms with Crippen molar-refractivity contribution in [3.63, 3.8) is 0 Å². The van der Waals surface area contributed by atoms with E-state index in [1.807, 2.05) is 0 Å². The molecule has 0 heterocycles. The van der Waals surface area contributed by atoms with Gasteiger partial charge in [0.25, 0.3) is 0 Å². The molecule has 0 aliphatic heterocycles. The van der Waals surface area contributed by atoms with E-state index in [4.69, 9.17) is 0 Å². The van der Waals surface area contributed by atoms with Gasteiger partial charge in [0.1, 0.15) is 0 Å². The third kappa shape index (κ3) is 4.32. The van der Waals surface area contributed by atoms with Crippen LogP contribution in [-0.4, -0.2) is 12.5 Å². The standard InChI is InChI=1S/C13H21NO/c1-10-6-7-13(11(2)9-10)5-4-8-14-12(3)15/h4-5,9,11,13H,6-8H2,1-3H3,(H,14,15). The van der Waals surface area contributed by atoms with Crippen LogP contribution in [0.4, 0.5) is 0 Å². The van der Waals surface area contributed by atoms with Gasteiger partial charge in [-0.3, -0.25) is 4.79 Å². The minimum Gasteiger partial charge on any atom is -0.353 e. The van der Waals surface area contributed by atoms with Gasteiger partial charge in [0, 0.05) is 13.5 Å². The summed E-state index contributed by atoms with van der Waals surface area (Å²) in [7, 11) is 0. The molecule has 0 aromatic carbocycles. The summed E-state index contributed by atoms with van der Waals surface area (Å²) in [5.74, 6) is 1.31. The molecule has 1 aliphatic carbocycles. The fourth-order valence-corrected chi connectivity index (χ4v) is 2.03. The molecule has 2 heteroatoms. The quantitative estimate of drug-likeness (QED) is 0.708. The molecule has 0 aromatic rings. The van der Waals surface area contributed by atoms with Crippen molar-refractivity contribution in [2.75, 3.05) is 6.54 Å². The first kappa shape index (κ1) is 12.0. The maximum Gasteiger partial charge on any atom is 0.217 e. The lowest BCUT2D eigenvalue weighted by Gasteiger charge is -2.24. The number of allylic oxidation sites excluding steroid dienone is 3. The zero-order chi connectivity index (χ0) is 11.3. The molecule has 15 heavy (non-hydrogen) atoms. The summed E-state index contributed by atoms with van der Waals surface area (Å²) in [6.45, 7) is 6.66. The number of rotatable bonds is 3. The number of hydrogen-bond acceptors (Lipinski definition) is 1. The van der Waals surface area contributed by atoms with Crippen LogP contribution in [0.15, 0.2) is 23.8 Å². The van der Waals surface area contributed by atoms with Gasteiger partial charge in [-0.05, 0) is 31.6 Å². The lowest BCUT2D eigenvalue weighted by Crippen LogP contribution is -2.20. The van der Waals surface area contributed by atoms with Crippen molar-refractivity contribution in [3.05, 3.63) is 23.8 Å². The van der Waals surface area contributed by atoms with Crippen LogP contribution in [0.1, 0.15) is 33.6 Å². The minimum absolute atomic E-state index is 0.0343. The third-order valence-electron chi connectivity index (χ3n) is 2.95. The van der Waals surface area contributed by atoms with Gasteiger partial charge in [-0.2, -0.15) is 0 Å². The predicted molar refractivity (Wildman–Crippen MR) is 63.5 cm³/mol. The summed E-state index contributed by atoms with van der Waals surface area (Å²) >= 11 is 0. The SMILES string of the molecule is CC(=O)NCC=CC1CCC(C)=CC1C. The predicted octanol–water partition coefficient (Wildman–Crippen LogP) is 2.67. The minimum atomic E-state index is 0.0343. The third-order valence-corrected chi connectivity index (χ3v) is 2.95. The zero-order valence-corrected chi connectivity index (χ0v) is 9.92. The number of amides is 1. The zero-order valence-electron chi connectivity index (χ0n) is 9.92. The summed E-state index contributed by atoms with van der Waals surface area (Å²) in [6, 6.07) is 0. The van der Waals surface area contributed by atoms with Gasteiger partial charge in [-0.25, -0.2) is 0 Å². The molecule has 2 unspecified atom stereocenters. The summed E-state index contributed by atoms with van der Waals surface area (Å²) < 4.78 is 0. The van der Waals surface area contributed by atoms with Gasteiger partial charge in [0.15, 0.2) is 0 Å². The molecule has 1 aliphatic rings. The van der Waals surface area contributed by atoms with E-state index in [-0.39, 0.29) is 5.91 Å². The van der Waals surface area contributed by atoms with Crippen molar-refractivity contribution in [3.8, 4) is 0 Å². The van der Waals surface area contributed by atoms with Gasteiger partial charge in [0.05, 0.1) is 0 Å². The molecule has 0 bridgehead atoms. The Morgan fingerprint density at radius 3 is 3.00 bits per heavy atom. The van der Waals surface area contributed by atoms with Crippen molar-refractivity contribution in [2.24, 2.45) is 11.8 Å². The molecule has 0 saturated carbocycles. The monoisotopic (exact) mass is 207 g/mol. The van der Waals surface area contributed by atoms with E-state index in [2.05, 4.69) is 37.4 Å². The van der Waals surface area contributed by atoms with E-state index in [9.17, 15) is 4.79 Å². The second kappa shape index (κ2) is 5.74. The van der Waals surface area contributed by atoms with Crippen LogP contribution in [0.25, 0.3) is 0 Å². The Labute approximate surface area is 92.4 Å². The van der Waals surface area contributed by atoms with Crippen molar-refractivity contribution in [1.82, 2.24) is 5.32 Å². The lowest BCUT2D eigenvalue weighted by molar-refractivity contribution is -0.118. The molecule has 0 fully saturated rings. The van der Waals surface area contributed by atoms with E-state index in [1.54, 1.807) is 6.92 Å². The Balaban J connectivity index is 2.36. The molecule has 1 amide bonds. The largest absolute Gasteiger partial charge is 0.353 e. The maximum atomic E-state index is 10.6. The fourth-order valence-electron chi connectivity index (χ4n) is 2.03. The van der Waals surface area contributed by atoms with E-state index in [0.717, 1.165) is 0 Å². The fraction of sp³-hybridized carbons (Fsp3) is 0.615. The van der Waals surface area contributed by atoms with Crippen LogP contribution >= 0.6 is 0 Å². The van der Waals surface area contributed by atoms with E-state index in [1.165, 1.54) is 18.4 Å². The molecule has 2 atom stereocenters. The highest BCUT2D eigenvalue weighted by Crippen LogP contribution is 2.28. The van der Waals surface area contributed by atoms with E-state index < -0.39 is 0 Å². The first-order chi connectivity index (χ1) is 7.09. The molecule has 1 rings (SSSR count). The molecule has 0 aromatic heterocycles. The summed E-state index contributed by atoms with van der Waals surface area (Å²) in [4.78, 5) is 10.6. The number of carbonyl (C=O) groups is 1. The maximum absolute atomic E-state index is 10.6. The normalized spacial score (nSPS) is 26.5. The van der Waals surface area contributed by atoms with Crippen LogP contribution in [-0.2, 0) is 4.79 Å². The molecular formula is C13H21NO. The smallest absolute Gasteiger partial charge is 0.217 e. The highest BCUT2D eigenvalue weighted by molar-refractivity contribution is 5.72. The van der Waals surface area contributed by atoms with Crippen LogP contribution in [0.3, 0.4) is 0 Å². The van der Waals surface area contributed by atoms with Crippen molar-refractivity contribution < 1.29 is 4.79 Å². The molecule has 1 N–H and O–H groups in total. The Morgan fingerprint density at radius 1 is 1.67 bits per heavy atom. The molecular weight excluding hydrogens is 186 g/mol. The molecule has 0 saturated heterocycles. The van der Waals surface area contributed by atoms with E-state index >= 15 is 0 Å².